The van der Waals surface area contributed by atoms with Gasteiger partial charge >= 0.3 is 12.1 Å². The third-order valence-corrected chi connectivity index (χ3v) is 5.83. The number of nitrogens with one attached hydrogen (secondary N) is 2. The Morgan fingerprint density at radius 1 is 0.841 bits per heavy atom. The van der Waals surface area contributed by atoms with E-state index in [4.69, 9.17) is 4.74 Å². The van der Waals surface area contributed by atoms with E-state index in [1.165, 1.54) is 66.9 Å². The van der Waals surface area contributed by atoms with Crippen LogP contribution in [0.1, 0.15) is 37.4 Å². The largest absolute Gasteiger partial charge is 0.423 e. The molecule has 0 unspecified atom stereocenters. The molecule has 10 nitrogen and oxygen atoms in total. The van der Waals surface area contributed by atoms with Gasteiger partial charge in [-0.25, -0.2) is 10.2 Å². The van der Waals surface area contributed by atoms with Crippen LogP contribution in [0.5, 0.6) is 5.75 Å². The lowest BCUT2D eigenvalue weighted by Crippen LogP contribution is -2.18. The van der Waals surface area contributed by atoms with E-state index in [9.17, 15) is 37.7 Å². The summed E-state index contributed by atoms with van der Waals surface area (Å²) in [5, 5.41) is 17.3. The fourth-order valence-corrected chi connectivity index (χ4v) is 3.73. The van der Waals surface area contributed by atoms with Gasteiger partial charge in [0.1, 0.15) is 5.75 Å². The molecule has 0 radical (unpaired) electrons. The van der Waals surface area contributed by atoms with Crippen molar-refractivity contribution in [3.63, 3.8) is 0 Å². The molecule has 0 saturated carbocycles. The second-order valence-electron chi connectivity index (χ2n) is 8.96. The number of esters is 1. The Bertz CT molecular complexity index is 1790. The number of rotatable bonds is 9. The van der Waals surface area contributed by atoms with Crippen molar-refractivity contribution in [1.82, 2.24) is 5.43 Å². The number of carbonyl (C=O) groups is 3. The molecule has 0 spiro atoms. The molecule has 2 N–H and O–H groups in total. The Morgan fingerprint density at radius 2 is 1.55 bits per heavy atom. The van der Waals surface area contributed by atoms with E-state index in [2.05, 4.69) is 15.8 Å². The zero-order valence-electron chi connectivity index (χ0n) is 22.4. The lowest BCUT2D eigenvalue weighted by molar-refractivity contribution is -0.384. The lowest BCUT2D eigenvalue weighted by Gasteiger charge is -2.10. The number of benzene rings is 4. The van der Waals surface area contributed by atoms with Crippen molar-refractivity contribution < 1.29 is 37.2 Å². The number of hydrazone groups is 1. The molecule has 4 aromatic carbocycles. The number of para-hydroxylation sites is 1. The molecule has 0 heterocycles. The molecule has 0 atom stereocenters. The number of amides is 2. The summed E-state index contributed by atoms with van der Waals surface area (Å²) in [4.78, 5) is 47.9. The summed E-state index contributed by atoms with van der Waals surface area (Å²) in [6, 6.07) is 21.6. The van der Waals surface area contributed by atoms with Crippen LogP contribution in [0.15, 0.2) is 108 Å². The Morgan fingerprint density at radius 3 is 2.30 bits per heavy atom. The second kappa shape index (κ2) is 13.7. The molecular weight excluding hydrogens is 581 g/mol. The van der Waals surface area contributed by atoms with Gasteiger partial charge in [0.25, 0.3) is 17.5 Å². The molecule has 222 valence electrons. The monoisotopic (exact) mass is 602 g/mol. The van der Waals surface area contributed by atoms with Gasteiger partial charge in [0.15, 0.2) is 0 Å². The fraction of sp³-hybridized carbons (Fsp3) is 0.0323. The second-order valence-corrected chi connectivity index (χ2v) is 8.96. The number of nitro groups is 1. The van der Waals surface area contributed by atoms with E-state index in [0.29, 0.717) is 11.1 Å². The highest BCUT2D eigenvalue weighted by atomic mass is 19.4. The van der Waals surface area contributed by atoms with Crippen LogP contribution in [0.3, 0.4) is 0 Å². The normalized spacial score (nSPS) is 11.3. The summed E-state index contributed by atoms with van der Waals surface area (Å²) in [5.41, 5.74) is 2.02. The van der Waals surface area contributed by atoms with Gasteiger partial charge in [0, 0.05) is 40.6 Å². The van der Waals surface area contributed by atoms with Gasteiger partial charge in [0.05, 0.1) is 16.7 Å². The number of halogens is 3. The molecule has 0 aromatic heterocycles. The van der Waals surface area contributed by atoms with Gasteiger partial charge in [-0.1, -0.05) is 36.4 Å². The minimum absolute atomic E-state index is 0.0926. The number of ether oxygens (including phenoxy) is 1. The fourth-order valence-electron chi connectivity index (χ4n) is 3.73. The number of carbonyl (C=O) groups excluding carboxylic acids is 3. The zero-order chi connectivity index (χ0) is 31.7. The predicted molar refractivity (Wildman–Crippen MR) is 155 cm³/mol. The van der Waals surface area contributed by atoms with Crippen LogP contribution < -0.4 is 15.5 Å². The minimum atomic E-state index is -4.61. The number of non-ortho nitro benzene ring substituents is 1. The van der Waals surface area contributed by atoms with Crippen LogP contribution in [-0.4, -0.2) is 28.9 Å². The van der Waals surface area contributed by atoms with E-state index in [0.717, 1.165) is 24.3 Å². The summed E-state index contributed by atoms with van der Waals surface area (Å²) in [6.07, 6.45) is -0.899. The summed E-state index contributed by atoms with van der Waals surface area (Å²) in [5.74, 6) is -2.09. The zero-order valence-corrected chi connectivity index (χ0v) is 22.4. The maximum absolute atomic E-state index is 13.0. The molecule has 2 amide bonds. The van der Waals surface area contributed by atoms with Crippen molar-refractivity contribution in [2.45, 2.75) is 6.18 Å². The standard InChI is InChI=1S/C31H21F3N4O6/c32-31(33,34)24-10-4-8-21(17-24)29(40)36-25-11-5-9-22(18-25)30(41)37-35-19-23-7-1-2-13-27(23)44-28(39)15-14-20-6-3-12-26(16-20)38(42)43/h1-19H,(H,36,40)(H,37,41)/b15-14+,35-19?. The van der Waals surface area contributed by atoms with Crippen molar-refractivity contribution in [3.8, 4) is 5.75 Å². The average Bonchev–Trinajstić information content (AvgIpc) is 3.00. The summed E-state index contributed by atoms with van der Waals surface area (Å²) in [6.45, 7) is 0. The Hall–Kier alpha value is -6.11. The van der Waals surface area contributed by atoms with Crippen LogP contribution in [0.25, 0.3) is 6.08 Å². The van der Waals surface area contributed by atoms with E-state index in [1.807, 2.05) is 0 Å². The number of nitro benzene ring substituents is 1. The van der Waals surface area contributed by atoms with E-state index >= 15 is 0 Å². The molecule has 4 aromatic rings. The van der Waals surface area contributed by atoms with Gasteiger partial charge < -0.3 is 10.1 Å². The molecule has 0 saturated heterocycles. The highest BCUT2D eigenvalue weighted by Gasteiger charge is 2.30. The van der Waals surface area contributed by atoms with Crippen molar-refractivity contribution >= 4 is 41.4 Å². The SMILES string of the molecule is O=C(/C=C/c1cccc([N+](=O)[O-])c1)Oc1ccccc1C=NNC(=O)c1cccc(NC(=O)c2cccc(C(F)(F)F)c2)c1. The Kier molecular flexibility index (Phi) is 9.60. The predicted octanol–water partition coefficient (Wildman–Crippen LogP) is 6.25. The highest BCUT2D eigenvalue weighted by molar-refractivity contribution is 6.05. The number of hydrogen-bond acceptors (Lipinski definition) is 7. The minimum Gasteiger partial charge on any atom is -0.423 e. The molecule has 0 aliphatic rings. The third-order valence-electron chi connectivity index (χ3n) is 5.83. The number of hydrogen-bond donors (Lipinski definition) is 2. The van der Waals surface area contributed by atoms with Crippen molar-refractivity contribution in [1.29, 1.82) is 0 Å². The number of alkyl halides is 3. The van der Waals surface area contributed by atoms with Crippen LogP contribution in [0.2, 0.25) is 0 Å². The van der Waals surface area contributed by atoms with Gasteiger partial charge in [0.2, 0.25) is 0 Å². The first-order valence-corrected chi connectivity index (χ1v) is 12.6. The van der Waals surface area contributed by atoms with Crippen molar-refractivity contribution in [3.05, 3.63) is 141 Å². The number of anilines is 1. The van der Waals surface area contributed by atoms with Gasteiger partial charge in [-0.3, -0.25) is 19.7 Å². The van der Waals surface area contributed by atoms with Crippen LogP contribution in [0.4, 0.5) is 24.5 Å². The molecule has 13 heteroatoms. The number of nitrogens with zero attached hydrogens (tertiary/aromatic N) is 2. The van der Waals surface area contributed by atoms with Gasteiger partial charge in [-0.05, 0) is 60.2 Å². The Balaban J connectivity index is 1.37. The maximum Gasteiger partial charge on any atom is 0.416 e. The lowest BCUT2D eigenvalue weighted by atomic mass is 10.1. The molecule has 44 heavy (non-hydrogen) atoms. The Labute approximate surface area is 247 Å². The first-order valence-electron chi connectivity index (χ1n) is 12.6. The van der Waals surface area contributed by atoms with Crippen LogP contribution >= 0.6 is 0 Å². The highest BCUT2D eigenvalue weighted by Crippen LogP contribution is 2.29. The molecule has 0 aliphatic heterocycles. The summed E-state index contributed by atoms with van der Waals surface area (Å²) in [7, 11) is 0. The van der Waals surface area contributed by atoms with E-state index < -0.39 is 34.4 Å². The van der Waals surface area contributed by atoms with Crippen molar-refractivity contribution in [2.75, 3.05) is 5.32 Å². The topological polar surface area (TPSA) is 140 Å². The van der Waals surface area contributed by atoms with E-state index in [-0.39, 0.29) is 28.3 Å². The summed E-state index contributed by atoms with van der Waals surface area (Å²) >= 11 is 0. The third kappa shape index (κ3) is 8.45. The summed E-state index contributed by atoms with van der Waals surface area (Å²) < 4.78 is 44.3. The average molecular weight is 603 g/mol. The maximum atomic E-state index is 13.0. The van der Waals surface area contributed by atoms with E-state index in [1.54, 1.807) is 24.3 Å². The van der Waals surface area contributed by atoms with Gasteiger partial charge in [-0.2, -0.15) is 18.3 Å². The van der Waals surface area contributed by atoms with Crippen LogP contribution in [0, 0.1) is 10.1 Å². The molecule has 0 fully saturated rings. The quantitative estimate of drug-likeness (QED) is 0.0580. The first kappa shape index (κ1) is 30.8. The van der Waals surface area contributed by atoms with Crippen LogP contribution in [-0.2, 0) is 11.0 Å². The molecule has 0 aliphatic carbocycles. The molecule has 4 rings (SSSR count). The van der Waals surface area contributed by atoms with Crippen molar-refractivity contribution in [2.24, 2.45) is 5.10 Å². The molecular formula is C31H21F3N4O6. The first-order chi connectivity index (χ1) is 21.0. The smallest absolute Gasteiger partial charge is 0.416 e. The van der Waals surface area contributed by atoms with Gasteiger partial charge in [-0.15, -0.1) is 0 Å². The molecule has 0 bridgehead atoms.